The summed E-state index contributed by atoms with van der Waals surface area (Å²) in [5.41, 5.74) is 1.98. The summed E-state index contributed by atoms with van der Waals surface area (Å²) < 4.78 is 6.95. The minimum Gasteiger partial charge on any atom is -0.465 e. The Kier molecular flexibility index (Phi) is 6.61. The van der Waals surface area contributed by atoms with E-state index in [1.807, 2.05) is 60.3 Å². The van der Waals surface area contributed by atoms with E-state index < -0.39 is 0 Å². The molecule has 5 heteroatoms. The third-order valence-electron chi connectivity index (χ3n) is 3.67. The van der Waals surface area contributed by atoms with Crippen molar-refractivity contribution in [2.45, 2.75) is 26.7 Å². The van der Waals surface area contributed by atoms with E-state index >= 15 is 0 Å². The maximum absolute atomic E-state index is 12.5. The number of aromatic nitrogens is 1. The van der Waals surface area contributed by atoms with Crippen molar-refractivity contribution in [3.8, 4) is 5.69 Å². The molecule has 24 heavy (non-hydrogen) atoms. The molecule has 0 aliphatic carbocycles. The molecule has 1 heterocycles. The van der Waals surface area contributed by atoms with Gasteiger partial charge in [0.05, 0.1) is 13.0 Å². The van der Waals surface area contributed by atoms with Crippen LogP contribution >= 0.6 is 0 Å². The number of esters is 1. The maximum Gasteiger partial charge on any atom is 0.325 e. The van der Waals surface area contributed by atoms with Gasteiger partial charge in [0.25, 0.3) is 0 Å². The number of nitrogens with zero attached hydrogens (tertiary/aromatic N) is 2. The van der Waals surface area contributed by atoms with Crippen LogP contribution in [0, 0.1) is 0 Å². The lowest BCUT2D eigenvalue weighted by molar-refractivity contribution is -0.148. The van der Waals surface area contributed by atoms with Crippen LogP contribution in [0.5, 0.6) is 0 Å². The van der Waals surface area contributed by atoms with Crippen molar-refractivity contribution < 1.29 is 14.3 Å². The Bertz CT molecular complexity index is 648. The second kappa shape index (κ2) is 8.91. The molecule has 0 atom stereocenters. The Morgan fingerprint density at radius 3 is 2.33 bits per heavy atom. The van der Waals surface area contributed by atoms with Crippen LogP contribution in [0.25, 0.3) is 5.69 Å². The summed E-state index contributed by atoms with van der Waals surface area (Å²) in [6, 6.07) is 11.8. The Balaban J connectivity index is 1.99. The fourth-order valence-corrected chi connectivity index (χ4v) is 2.50. The van der Waals surface area contributed by atoms with Crippen molar-refractivity contribution in [1.29, 1.82) is 0 Å². The summed E-state index contributed by atoms with van der Waals surface area (Å²) in [6.45, 7) is 4.64. The Labute approximate surface area is 142 Å². The van der Waals surface area contributed by atoms with Crippen LogP contribution in [0.15, 0.2) is 48.8 Å². The normalized spacial score (nSPS) is 10.4. The Morgan fingerprint density at radius 2 is 1.75 bits per heavy atom. The zero-order valence-corrected chi connectivity index (χ0v) is 14.3. The lowest BCUT2D eigenvalue weighted by Gasteiger charge is -2.21. The van der Waals surface area contributed by atoms with Crippen molar-refractivity contribution in [3.05, 3.63) is 54.4 Å². The molecule has 128 valence electrons. The van der Waals surface area contributed by atoms with Gasteiger partial charge in [0.15, 0.2) is 0 Å². The first-order valence-corrected chi connectivity index (χ1v) is 8.29. The molecule has 0 unspecified atom stereocenters. The van der Waals surface area contributed by atoms with Gasteiger partial charge in [-0.05, 0) is 43.2 Å². The minimum absolute atomic E-state index is 0.0158. The zero-order valence-electron chi connectivity index (χ0n) is 14.3. The van der Waals surface area contributed by atoms with E-state index in [4.69, 9.17) is 4.74 Å². The lowest BCUT2D eigenvalue weighted by Crippen LogP contribution is -2.38. The molecule has 0 saturated heterocycles. The average Bonchev–Trinajstić information content (AvgIpc) is 3.10. The molecule has 0 aliphatic rings. The second-order valence-electron chi connectivity index (χ2n) is 5.55. The van der Waals surface area contributed by atoms with Gasteiger partial charge in [-0.3, -0.25) is 9.59 Å². The van der Waals surface area contributed by atoms with Crippen molar-refractivity contribution in [1.82, 2.24) is 9.47 Å². The molecule has 1 aromatic heterocycles. The number of ether oxygens (including phenoxy) is 1. The molecular formula is C19H24N2O3. The van der Waals surface area contributed by atoms with Gasteiger partial charge >= 0.3 is 5.97 Å². The molecule has 0 radical (unpaired) electrons. The highest BCUT2D eigenvalue weighted by Gasteiger charge is 2.17. The molecule has 0 spiro atoms. The zero-order chi connectivity index (χ0) is 17.4. The van der Waals surface area contributed by atoms with Crippen molar-refractivity contribution in [2.24, 2.45) is 0 Å². The predicted molar refractivity (Wildman–Crippen MR) is 93.0 cm³/mol. The fourth-order valence-electron chi connectivity index (χ4n) is 2.50. The van der Waals surface area contributed by atoms with Gasteiger partial charge in [0.2, 0.25) is 5.91 Å². The van der Waals surface area contributed by atoms with Gasteiger partial charge in [0, 0.05) is 24.6 Å². The first kappa shape index (κ1) is 17.8. The van der Waals surface area contributed by atoms with E-state index in [0.717, 1.165) is 17.7 Å². The summed E-state index contributed by atoms with van der Waals surface area (Å²) in [5.74, 6) is -0.416. The number of carbonyl (C=O) groups is 2. The van der Waals surface area contributed by atoms with Gasteiger partial charge in [0.1, 0.15) is 6.54 Å². The minimum atomic E-state index is -0.359. The topological polar surface area (TPSA) is 51.5 Å². The van der Waals surface area contributed by atoms with Crippen LogP contribution in [0.1, 0.15) is 25.8 Å². The van der Waals surface area contributed by atoms with Gasteiger partial charge in [-0.15, -0.1) is 0 Å². The lowest BCUT2D eigenvalue weighted by atomic mass is 10.1. The Hall–Kier alpha value is -2.56. The summed E-state index contributed by atoms with van der Waals surface area (Å²) in [7, 11) is 0. The first-order chi connectivity index (χ1) is 11.6. The van der Waals surface area contributed by atoms with E-state index in [1.54, 1.807) is 11.8 Å². The molecule has 1 aromatic carbocycles. The third-order valence-corrected chi connectivity index (χ3v) is 3.67. The van der Waals surface area contributed by atoms with Crippen LogP contribution in [-0.2, 0) is 20.7 Å². The van der Waals surface area contributed by atoms with Crippen LogP contribution in [0.3, 0.4) is 0 Å². The third kappa shape index (κ3) is 4.98. The summed E-state index contributed by atoms with van der Waals surface area (Å²) in [6.07, 6.45) is 5.04. The van der Waals surface area contributed by atoms with Crippen molar-refractivity contribution >= 4 is 11.9 Å². The summed E-state index contributed by atoms with van der Waals surface area (Å²) >= 11 is 0. The van der Waals surface area contributed by atoms with Crippen LogP contribution in [-0.4, -0.2) is 41.0 Å². The number of hydrogen-bond acceptors (Lipinski definition) is 3. The van der Waals surface area contributed by atoms with Gasteiger partial charge in [-0.2, -0.15) is 0 Å². The van der Waals surface area contributed by atoms with Crippen LogP contribution in [0.2, 0.25) is 0 Å². The maximum atomic E-state index is 12.5. The van der Waals surface area contributed by atoms with E-state index in [9.17, 15) is 9.59 Å². The molecular weight excluding hydrogens is 304 g/mol. The molecule has 0 fully saturated rings. The van der Waals surface area contributed by atoms with Gasteiger partial charge < -0.3 is 14.2 Å². The highest BCUT2D eigenvalue weighted by Crippen LogP contribution is 2.11. The molecule has 0 aliphatic heterocycles. The van der Waals surface area contributed by atoms with Crippen LogP contribution in [0.4, 0.5) is 0 Å². The van der Waals surface area contributed by atoms with E-state index in [-0.39, 0.29) is 24.8 Å². The molecule has 2 rings (SSSR count). The number of carbonyl (C=O) groups excluding carboxylic acids is 2. The van der Waals surface area contributed by atoms with Gasteiger partial charge in [-0.25, -0.2) is 0 Å². The molecule has 0 saturated carbocycles. The second-order valence-corrected chi connectivity index (χ2v) is 5.55. The first-order valence-electron chi connectivity index (χ1n) is 8.29. The smallest absolute Gasteiger partial charge is 0.325 e. The largest absolute Gasteiger partial charge is 0.465 e. The standard InChI is InChI=1S/C19H24N2O3/c1-3-11-21(15-19(23)24-4-2)18(22)14-16-7-9-17(10-8-16)20-12-5-6-13-20/h5-10,12-13H,3-4,11,14-15H2,1-2H3. The molecule has 2 aromatic rings. The summed E-state index contributed by atoms with van der Waals surface area (Å²) in [4.78, 5) is 25.7. The number of rotatable bonds is 8. The van der Waals surface area contributed by atoms with E-state index in [0.29, 0.717) is 13.2 Å². The highest BCUT2D eigenvalue weighted by molar-refractivity contribution is 5.83. The molecule has 1 amide bonds. The molecule has 0 bridgehead atoms. The quantitative estimate of drug-likeness (QED) is 0.700. The fraction of sp³-hybridized carbons (Fsp3) is 0.368. The number of amides is 1. The van der Waals surface area contributed by atoms with Crippen molar-refractivity contribution in [2.75, 3.05) is 19.7 Å². The predicted octanol–water partition coefficient (Wildman–Crippen LogP) is 2.82. The van der Waals surface area contributed by atoms with Crippen LogP contribution < -0.4 is 0 Å². The summed E-state index contributed by atoms with van der Waals surface area (Å²) in [5, 5.41) is 0. The van der Waals surface area contributed by atoms with Gasteiger partial charge in [-0.1, -0.05) is 19.1 Å². The number of hydrogen-bond donors (Lipinski definition) is 0. The molecule has 0 N–H and O–H groups in total. The molecule has 5 nitrogen and oxygen atoms in total. The Morgan fingerprint density at radius 1 is 1.08 bits per heavy atom. The average molecular weight is 328 g/mol. The highest BCUT2D eigenvalue weighted by atomic mass is 16.5. The number of benzene rings is 1. The van der Waals surface area contributed by atoms with E-state index in [2.05, 4.69) is 0 Å². The monoisotopic (exact) mass is 328 g/mol. The van der Waals surface area contributed by atoms with Crippen molar-refractivity contribution in [3.63, 3.8) is 0 Å². The van der Waals surface area contributed by atoms with E-state index in [1.165, 1.54) is 0 Å². The SMILES string of the molecule is CCCN(CC(=O)OCC)C(=O)Cc1ccc(-n2cccc2)cc1.